The maximum atomic E-state index is 6.61. The predicted molar refractivity (Wildman–Crippen MR) is 212 cm³/mol. The third-order valence-electron chi connectivity index (χ3n) is 10.0. The minimum atomic E-state index is 0. The van der Waals surface area contributed by atoms with E-state index in [0.717, 1.165) is 88.5 Å². The van der Waals surface area contributed by atoms with Gasteiger partial charge in [0.05, 0.1) is 28.4 Å². The van der Waals surface area contributed by atoms with Gasteiger partial charge < -0.3 is 13.5 Å². The zero-order valence-electron chi connectivity index (χ0n) is 28.5. The molecule has 7 heteroatoms. The van der Waals surface area contributed by atoms with E-state index in [0.29, 0.717) is 11.5 Å². The van der Waals surface area contributed by atoms with Crippen LogP contribution in [0.1, 0.15) is 0 Å². The maximum Gasteiger partial charge on any atom is 2.00 e. The Labute approximate surface area is 324 Å². The molecule has 0 aliphatic rings. The second-order valence-corrected chi connectivity index (χ2v) is 13.1. The van der Waals surface area contributed by atoms with E-state index in [-0.39, 0.29) is 21.1 Å². The topological polar surface area (TPSA) is 56.7 Å². The molecule has 0 aliphatic heterocycles. The molecule has 0 N–H and O–H groups in total. The first-order valence-corrected chi connectivity index (χ1v) is 17.5. The van der Waals surface area contributed by atoms with Crippen LogP contribution in [0, 0.1) is 12.1 Å². The molecule has 256 valence electrons. The largest absolute Gasteiger partial charge is 2.00 e. The van der Waals surface area contributed by atoms with Crippen molar-refractivity contribution in [3.63, 3.8) is 0 Å². The van der Waals surface area contributed by atoms with E-state index in [1.807, 2.05) is 60.9 Å². The first-order valence-electron chi connectivity index (χ1n) is 17.5. The summed E-state index contributed by atoms with van der Waals surface area (Å²) in [7, 11) is 0. The van der Waals surface area contributed by atoms with E-state index in [1.165, 1.54) is 0 Å². The van der Waals surface area contributed by atoms with Gasteiger partial charge in [0.1, 0.15) is 5.65 Å². The normalized spacial score (nSPS) is 11.6. The zero-order valence-corrected chi connectivity index (χ0v) is 30.8. The minimum Gasteiger partial charge on any atom is -0.497 e. The van der Waals surface area contributed by atoms with Crippen molar-refractivity contribution < 1.29 is 25.8 Å². The Morgan fingerprint density at radius 2 is 1.06 bits per heavy atom. The summed E-state index contributed by atoms with van der Waals surface area (Å²) in [6.07, 6.45) is 3.78. The summed E-state index contributed by atoms with van der Waals surface area (Å²) < 4.78 is 11.0. The van der Waals surface area contributed by atoms with Gasteiger partial charge in [0.15, 0.2) is 0 Å². The molecule has 5 heterocycles. The molecular formula is C47H27N5OPt. The Morgan fingerprint density at radius 3 is 1.78 bits per heavy atom. The molecule has 54 heavy (non-hydrogen) atoms. The van der Waals surface area contributed by atoms with Crippen LogP contribution in [0.4, 0.5) is 0 Å². The van der Waals surface area contributed by atoms with Gasteiger partial charge in [-0.2, -0.15) is 0 Å². The van der Waals surface area contributed by atoms with Crippen LogP contribution in [0.15, 0.2) is 164 Å². The van der Waals surface area contributed by atoms with Crippen LogP contribution in [0.2, 0.25) is 0 Å². The van der Waals surface area contributed by atoms with E-state index in [9.17, 15) is 0 Å². The average molecular weight is 873 g/mol. The Hall–Kier alpha value is -6.62. The van der Waals surface area contributed by atoms with Crippen LogP contribution in [-0.2, 0) is 21.1 Å². The molecule has 0 spiro atoms. The number of aromatic nitrogens is 5. The molecule has 0 amide bonds. The van der Waals surface area contributed by atoms with Gasteiger partial charge >= 0.3 is 21.1 Å². The standard InChI is InChI=1S/C47H27N5O.Pt/c1-4-13-30(14-5-1)42-29-49-46-39-27-33(22-24-35(39)37-19-10-11-21-41(37)51(42)46)53-34-23-25-36-38-20-12-26-48-45(38)52-44(32-17-8-3-9-18-32)43(31-15-6-2-7-16-31)50-47(52)40(36)28-34;/h1-26,29H;/q-2;+2. The molecule has 11 aromatic rings. The first kappa shape index (κ1) is 32.1. The molecule has 0 saturated heterocycles. The van der Waals surface area contributed by atoms with Crippen molar-refractivity contribution in [3.8, 4) is 45.3 Å². The number of fused-ring (bicyclic) bond motifs is 12. The van der Waals surface area contributed by atoms with Gasteiger partial charge in [0.2, 0.25) is 0 Å². The van der Waals surface area contributed by atoms with Crippen LogP contribution < -0.4 is 4.74 Å². The summed E-state index contributed by atoms with van der Waals surface area (Å²) in [6, 6.07) is 58.9. The fraction of sp³-hybridized carbons (Fsp3) is 0. The van der Waals surface area contributed by atoms with Crippen LogP contribution in [-0.4, -0.2) is 23.8 Å². The van der Waals surface area contributed by atoms with Crippen LogP contribution in [0.25, 0.3) is 88.5 Å². The molecule has 0 unspecified atom stereocenters. The number of hydrogen-bond donors (Lipinski definition) is 0. The average Bonchev–Trinajstić information content (AvgIpc) is 3.86. The molecule has 0 radical (unpaired) electrons. The second-order valence-electron chi connectivity index (χ2n) is 13.1. The molecule has 6 nitrogen and oxygen atoms in total. The van der Waals surface area contributed by atoms with E-state index >= 15 is 0 Å². The van der Waals surface area contributed by atoms with Crippen molar-refractivity contribution in [3.05, 3.63) is 176 Å². The number of ether oxygens (including phenoxy) is 1. The summed E-state index contributed by atoms with van der Waals surface area (Å²) >= 11 is 0. The number of pyridine rings is 3. The van der Waals surface area contributed by atoms with Crippen molar-refractivity contribution in [1.82, 2.24) is 23.8 Å². The van der Waals surface area contributed by atoms with E-state index in [2.05, 4.69) is 124 Å². The van der Waals surface area contributed by atoms with Crippen molar-refractivity contribution >= 4 is 54.8 Å². The van der Waals surface area contributed by atoms with Gasteiger partial charge in [-0.05, 0) is 28.5 Å². The fourth-order valence-corrected chi connectivity index (χ4v) is 7.71. The van der Waals surface area contributed by atoms with Crippen molar-refractivity contribution in [2.24, 2.45) is 0 Å². The third-order valence-corrected chi connectivity index (χ3v) is 10.0. The Balaban J connectivity index is 0.00000361. The molecule has 0 aliphatic carbocycles. The number of hydrogen-bond acceptors (Lipinski definition) is 4. The third kappa shape index (κ3) is 4.95. The Bertz CT molecular complexity index is 3190. The van der Waals surface area contributed by atoms with Gasteiger partial charge in [-0.1, -0.05) is 161 Å². The first-order chi connectivity index (χ1) is 26.3. The maximum absolute atomic E-state index is 6.61. The molecular weight excluding hydrogens is 846 g/mol. The Kier molecular flexibility index (Phi) is 7.60. The van der Waals surface area contributed by atoms with Crippen molar-refractivity contribution in [2.45, 2.75) is 0 Å². The van der Waals surface area contributed by atoms with Gasteiger partial charge in [0, 0.05) is 40.5 Å². The summed E-state index contributed by atoms with van der Waals surface area (Å²) in [6.45, 7) is 0. The van der Waals surface area contributed by atoms with Crippen LogP contribution in [0.3, 0.4) is 0 Å². The summed E-state index contributed by atoms with van der Waals surface area (Å²) in [5, 5.41) is 5.92. The summed E-state index contributed by atoms with van der Waals surface area (Å²) in [5.74, 6) is 1.14. The number of nitrogens with zero attached hydrogens (tertiary/aromatic N) is 5. The molecule has 0 atom stereocenters. The quantitative estimate of drug-likeness (QED) is 0.128. The van der Waals surface area contributed by atoms with Gasteiger partial charge in [-0.15, -0.1) is 12.1 Å². The fourth-order valence-electron chi connectivity index (χ4n) is 7.71. The SMILES string of the molecule is [Pt+2].[c-]1c(Oc2[c-]c3c(cc2)c2cccnc2n2c(-c4ccccc4)c(-c4ccccc4)nc32)ccc2c1c1ncc(-c3ccccc3)n1c1ccccc21. The van der Waals surface area contributed by atoms with E-state index < -0.39 is 0 Å². The van der Waals surface area contributed by atoms with Gasteiger partial charge in [0.25, 0.3) is 0 Å². The minimum absolute atomic E-state index is 0. The van der Waals surface area contributed by atoms with E-state index in [1.54, 1.807) is 0 Å². The summed E-state index contributed by atoms with van der Waals surface area (Å²) in [4.78, 5) is 15.2. The molecule has 11 rings (SSSR count). The second kappa shape index (κ2) is 12.8. The number of benzene rings is 6. The van der Waals surface area contributed by atoms with Crippen molar-refractivity contribution in [2.75, 3.05) is 0 Å². The number of para-hydroxylation sites is 1. The molecule has 5 aromatic heterocycles. The molecule has 0 fully saturated rings. The smallest absolute Gasteiger partial charge is 0.497 e. The molecule has 0 bridgehead atoms. The number of imidazole rings is 2. The molecule has 6 aromatic carbocycles. The van der Waals surface area contributed by atoms with Gasteiger partial charge in [-0.25, -0.2) is 4.98 Å². The zero-order chi connectivity index (χ0) is 34.9. The van der Waals surface area contributed by atoms with Crippen LogP contribution in [0.5, 0.6) is 11.5 Å². The van der Waals surface area contributed by atoms with Crippen molar-refractivity contribution in [1.29, 1.82) is 0 Å². The molecule has 0 saturated carbocycles. The Morgan fingerprint density at radius 1 is 0.463 bits per heavy atom. The number of rotatable bonds is 5. The van der Waals surface area contributed by atoms with E-state index in [4.69, 9.17) is 19.7 Å². The summed E-state index contributed by atoms with van der Waals surface area (Å²) in [5.41, 5.74) is 9.57. The predicted octanol–water partition coefficient (Wildman–Crippen LogP) is 11.4. The van der Waals surface area contributed by atoms with Gasteiger partial charge in [-0.3, -0.25) is 9.97 Å². The van der Waals surface area contributed by atoms with Crippen LogP contribution >= 0.6 is 0 Å². The monoisotopic (exact) mass is 872 g/mol.